The van der Waals surface area contributed by atoms with Crippen molar-refractivity contribution >= 4 is 11.9 Å². The van der Waals surface area contributed by atoms with Gasteiger partial charge in [0.1, 0.15) is 5.75 Å². The van der Waals surface area contributed by atoms with Crippen molar-refractivity contribution in [2.75, 3.05) is 44.3 Å². The number of H-pyrrole nitrogens is 1. The fraction of sp³-hybridized carbons (Fsp3) is 0.545. The molecule has 2 N–H and O–H groups in total. The van der Waals surface area contributed by atoms with E-state index in [1.807, 2.05) is 24.3 Å². The van der Waals surface area contributed by atoms with E-state index in [0.717, 1.165) is 32.1 Å². The molecule has 2 aromatic rings. The summed E-state index contributed by atoms with van der Waals surface area (Å²) in [6.45, 7) is 7.58. The molecule has 2 bridgehead atoms. The number of fused-ring (bicyclic) bond motifs is 3. The molecule has 2 atom stereocenters. The molecular weight excluding hydrogens is 382 g/mol. The molecule has 4 aliphatic heterocycles. The number of imidazole rings is 1. The lowest BCUT2D eigenvalue weighted by Gasteiger charge is -2.49. The van der Waals surface area contributed by atoms with Crippen LogP contribution in [0, 0.1) is 5.92 Å². The molecule has 8 heteroatoms. The van der Waals surface area contributed by atoms with E-state index in [2.05, 4.69) is 32.0 Å². The number of aromatic amines is 1. The summed E-state index contributed by atoms with van der Waals surface area (Å²) in [7, 11) is 0. The van der Waals surface area contributed by atoms with Crippen molar-refractivity contribution in [1.82, 2.24) is 20.2 Å². The highest BCUT2D eigenvalue weighted by atomic mass is 16.5. The van der Waals surface area contributed by atoms with Gasteiger partial charge < -0.3 is 19.7 Å². The molecule has 1 aromatic carbocycles. The summed E-state index contributed by atoms with van der Waals surface area (Å²) in [6, 6.07) is 7.92. The Bertz CT molecular complexity index is 867. The predicted octanol–water partition coefficient (Wildman–Crippen LogP) is 2.25. The summed E-state index contributed by atoms with van der Waals surface area (Å²) >= 11 is 0. The largest absolute Gasteiger partial charge is 0.439 e. The smallest absolute Gasteiger partial charge is 0.251 e. The number of nitrogens with zero attached hydrogens (tertiary/aromatic N) is 3. The van der Waals surface area contributed by atoms with Gasteiger partial charge >= 0.3 is 0 Å². The van der Waals surface area contributed by atoms with Crippen LogP contribution in [0.2, 0.25) is 0 Å². The lowest BCUT2D eigenvalue weighted by Crippen LogP contribution is -2.62. The molecule has 4 fully saturated rings. The maximum absolute atomic E-state index is 12.8. The number of aromatic nitrogens is 2. The van der Waals surface area contributed by atoms with E-state index in [4.69, 9.17) is 9.47 Å². The van der Waals surface area contributed by atoms with E-state index in [9.17, 15) is 4.79 Å². The van der Waals surface area contributed by atoms with Crippen LogP contribution in [0.4, 0.5) is 5.95 Å². The standard InChI is InChI=1S/C22H29N5O3/c1-15-20(16-6-8-26(15)9-7-16)25-21(28)17-2-4-18(5-3-17)30-19-14-23-22(24-19)27-10-12-29-13-11-27/h2-5,14-16,20H,6-13H2,1H3,(H,23,24)(H,25,28)/t15-,20-/m0/s1. The van der Waals surface area contributed by atoms with Crippen molar-refractivity contribution in [3.8, 4) is 11.6 Å². The second kappa shape index (κ2) is 8.28. The minimum absolute atomic E-state index is 0.0108. The molecule has 30 heavy (non-hydrogen) atoms. The van der Waals surface area contributed by atoms with Gasteiger partial charge in [0.25, 0.3) is 5.91 Å². The number of morpholine rings is 1. The van der Waals surface area contributed by atoms with Crippen molar-refractivity contribution in [2.45, 2.75) is 31.8 Å². The highest BCUT2D eigenvalue weighted by Gasteiger charge is 2.40. The Labute approximate surface area is 176 Å². The van der Waals surface area contributed by atoms with Gasteiger partial charge in [-0.05, 0) is 63.0 Å². The second-order valence-corrected chi connectivity index (χ2v) is 8.41. The molecule has 1 amide bonds. The van der Waals surface area contributed by atoms with Gasteiger partial charge in [-0.1, -0.05) is 0 Å². The van der Waals surface area contributed by atoms with E-state index >= 15 is 0 Å². The van der Waals surface area contributed by atoms with Crippen LogP contribution in [0.25, 0.3) is 0 Å². The average Bonchev–Trinajstić information content (AvgIpc) is 3.26. The van der Waals surface area contributed by atoms with Gasteiger partial charge in [0.05, 0.1) is 19.4 Å². The number of anilines is 1. The number of nitrogens with one attached hydrogen (secondary N) is 2. The normalized spacial score (nSPS) is 28.4. The van der Waals surface area contributed by atoms with Gasteiger partial charge in [0.2, 0.25) is 11.8 Å². The molecule has 0 radical (unpaired) electrons. The molecule has 0 unspecified atom stereocenters. The third-order valence-electron chi connectivity index (χ3n) is 6.67. The molecule has 4 saturated heterocycles. The Morgan fingerprint density at radius 1 is 1.17 bits per heavy atom. The zero-order chi connectivity index (χ0) is 20.5. The third kappa shape index (κ3) is 3.89. The Balaban J connectivity index is 1.19. The molecule has 4 aliphatic rings. The monoisotopic (exact) mass is 411 g/mol. The van der Waals surface area contributed by atoms with Crippen molar-refractivity contribution in [3.63, 3.8) is 0 Å². The van der Waals surface area contributed by atoms with Crippen LogP contribution in [0.3, 0.4) is 0 Å². The zero-order valence-corrected chi connectivity index (χ0v) is 17.3. The molecule has 0 spiro atoms. The first kappa shape index (κ1) is 19.4. The van der Waals surface area contributed by atoms with Crippen LogP contribution in [0.15, 0.2) is 30.5 Å². The predicted molar refractivity (Wildman–Crippen MR) is 113 cm³/mol. The van der Waals surface area contributed by atoms with Crippen molar-refractivity contribution in [3.05, 3.63) is 36.0 Å². The van der Waals surface area contributed by atoms with Gasteiger partial charge in [-0.15, -0.1) is 0 Å². The SMILES string of the molecule is C[C@H]1[C@H](NC(=O)c2ccc(Oc3cnc(N4CCOCC4)[nH]3)cc2)C2CCN1CC2. The van der Waals surface area contributed by atoms with Crippen LogP contribution in [-0.4, -0.2) is 72.3 Å². The topological polar surface area (TPSA) is 82.7 Å². The minimum atomic E-state index is -0.0108. The summed E-state index contributed by atoms with van der Waals surface area (Å²) in [5.41, 5.74) is 0.657. The summed E-state index contributed by atoms with van der Waals surface area (Å²) in [6.07, 6.45) is 4.04. The summed E-state index contributed by atoms with van der Waals surface area (Å²) < 4.78 is 11.3. The van der Waals surface area contributed by atoms with E-state index in [0.29, 0.717) is 42.4 Å². The molecular formula is C22H29N5O3. The Kier molecular flexibility index (Phi) is 5.35. The Morgan fingerprint density at radius 3 is 2.60 bits per heavy atom. The average molecular weight is 412 g/mol. The fourth-order valence-electron chi connectivity index (χ4n) is 4.86. The van der Waals surface area contributed by atoms with Gasteiger partial charge in [-0.2, -0.15) is 0 Å². The highest BCUT2D eigenvalue weighted by Crippen LogP contribution is 2.32. The number of rotatable bonds is 5. The van der Waals surface area contributed by atoms with E-state index in [1.54, 1.807) is 6.20 Å². The number of hydrogen-bond donors (Lipinski definition) is 2. The van der Waals surface area contributed by atoms with Gasteiger partial charge in [0.15, 0.2) is 0 Å². The third-order valence-corrected chi connectivity index (χ3v) is 6.67. The molecule has 160 valence electrons. The van der Waals surface area contributed by atoms with Crippen LogP contribution in [-0.2, 0) is 4.74 Å². The van der Waals surface area contributed by atoms with Crippen molar-refractivity contribution in [2.24, 2.45) is 5.92 Å². The van der Waals surface area contributed by atoms with E-state index < -0.39 is 0 Å². The lowest BCUT2D eigenvalue weighted by atomic mass is 9.79. The van der Waals surface area contributed by atoms with Gasteiger partial charge in [0, 0.05) is 30.7 Å². The van der Waals surface area contributed by atoms with Crippen molar-refractivity contribution < 1.29 is 14.3 Å². The summed E-state index contributed by atoms with van der Waals surface area (Å²) in [5.74, 6) is 2.62. The van der Waals surface area contributed by atoms with Crippen LogP contribution in [0.5, 0.6) is 11.6 Å². The summed E-state index contributed by atoms with van der Waals surface area (Å²) in [4.78, 5) is 25.0. The van der Waals surface area contributed by atoms with E-state index in [-0.39, 0.29) is 11.9 Å². The van der Waals surface area contributed by atoms with Crippen LogP contribution >= 0.6 is 0 Å². The first-order valence-corrected chi connectivity index (χ1v) is 10.9. The van der Waals surface area contributed by atoms with Crippen LogP contribution in [0.1, 0.15) is 30.1 Å². The number of hydrogen-bond acceptors (Lipinski definition) is 6. The number of amides is 1. The number of piperidine rings is 3. The molecule has 5 heterocycles. The quantitative estimate of drug-likeness (QED) is 0.785. The number of carbonyl (C=O) groups is 1. The second-order valence-electron chi connectivity index (χ2n) is 8.41. The first-order chi connectivity index (χ1) is 14.7. The maximum Gasteiger partial charge on any atom is 0.251 e. The zero-order valence-electron chi connectivity index (χ0n) is 17.3. The maximum atomic E-state index is 12.8. The number of carbonyl (C=O) groups excluding carboxylic acids is 1. The highest BCUT2D eigenvalue weighted by molar-refractivity contribution is 5.94. The van der Waals surface area contributed by atoms with Gasteiger partial charge in [-0.25, -0.2) is 4.98 Å². The molecule has 0 aliphatic carbocycles. The number of ether oxygens (including phenoxy) is 2. The van der Waals surface area contributed by atoms with E-state index in [1.165, 1.54) is 12.8 Å². The Hall–Kier alpha value is -2.58. The van der Waals surface area contributed by atoms with Gasteiger partial charge in [-0.3, -0.25) is 14.7 Å². The fourth-order valence-corrected chi connectivity index (χ4v) is 4.86. The lowest BCUT2D eigenvalue weighted by molar-refractivity contribution is 0.0217. The number of benzene rings is 1. The first-order valence-electron chi connectivity index (χ1n) is 10.9. The molecule has 8 nitrogen and oxygen atoms in total. The Morgan fingerprint density at radius 2 is 1.90 bits per heavy atom. The molecule has 0 saturated carbocycles. The van der Waals surface area contributed by atoms with Crippen LogP contribution < -0.4 is 15.0 Å². The summed E-state index contributed by atoms with van der Waals surface area (Å²) in [5, 5.41) is 3.27. The molecule has 1 aromatic heterocycles. The van der Waals surface area contributed by atoms with Crippen molar-refractivity contribution in [1.29, 1.82) is 0 Å². The minimum Gasteiger partial charge on any atom is -0.439 e. The molecule has 6 rings (SSSR count).